The molecule has 0 aromatic carbocycles. The first kappa shape index (κ1) is 18.4. The molecule has 1 atom stereocenters. The van der Waals surface area contributed by atoms with Crippen LogP contribution < -0.4 is 5.32 Å². The molecular formula is C16H33N3. The lowest BCUT2D eigenvalue weighted by molar-refractivity contribution is 0.216. The quantitative estimate of drug-likeness (QED) is 0.696. The van der Waals surface area contributed by atoms with Gasteiger partial charge < -0.3 is 4.90 Å². The molecule has 1 unspecified atom stereocenters. The van der Waals surface area contributed by atoms with Gasteiger partial charge in [0.05, 0.1) is 6.07 Å². The first-order valence-electron chi connectivity index (χ1n) is 7.63. The highest BCUT2D eigenvalue weighted by Crippen LogP contribution is 2.18. The highest BCUT2D eigenvalue weighted by molar-refractivity contribution is 5.06. The number of hydrogen-bond donors (Lipinski definition) is 1. The third-order valence-corrected chi connectivity index (χ3v) is 3.42. The van der Waals surface area contributed by atoms with Gasteiger partial charge in [-0.05, 0) is 51.2 Å². The van der Waals surface area contributed by atoms with Gasteiger partial charge in [-0.2, -0.15) is 5.26 Å². The Kier molecular flexibility index (Phi) is 8.29. The minimum atomic E-state index is -0.321. The number of nitrogens with zero attached hydrogens (tertiary/aromatic N) is 2. The summed E-state index contributed by atoms with van der Waals surface area (Å²) in [6.45, 7) is 14.1. The molecule has 112 valence electrons. The summed E-state index contributed by atoms with van der Waals surface area (Å²) in [6.07, 6.45) is 3.97. The molecule has 0 amide bonds. The molecule has 0 bridgehead atoms. The maximum Gasteiger partial charge on any atom is 0.106 e. The first-order valence-corrected chi connectivity index (χ1v) is 7.63. The summed E-state index contributed by atoms with van der Waals surface area (Å²) in [5, 5.41) is 12.9. The largest absolute Gasteiger partial charge is 0.306 e. The minimum absolute atomic E-state index is 0.321. The van der Waals surface area contributed by atoms with Crippen LogP contribution in [0.1, 0.15) is 60.3 Å². The second-order valence-electron chi connectivity index (χ2n) is 6.88. The maximum atomic E-state index is 9.43. The van der Waals surface area contributed by atoms with E-state index in [0.717, 1.165) is 45.3 Å². The molecule has 0 fully saturated rings. The van der Waals surface area contributed by atoms with Crippen LogP contribution in [0.25, 0.3) is 0 Å². The fourth-order valence-corrected chi connectivity index (χ4v) is 2.47. The van der Waals surface area contributed by atoms with E-state index in [0.29, 0.717) is 5.41 Å². The third-order valence-electron chi connectivity index (χ3n) is 3.42. The molecule has 0 rings (SSSR count). The van der Waals surface area contributed by atoms with Crippen molar-refractivity contribution in [2.45, 2.75) is 65.8 Å². The molecule has 0 aliphatic rings. The van der Waals surface area contributed by atoms with Crippen LogP contribution in [-0.2, 0) is 0 Å². The fourth-order valence-electron chi connectivity index (χ4n) is 2.47. The van der Waals surface area contributed by atoms with Crippen molar-refractivity contribution >= 4 is 0 Å². The van der Waals surface area contributed by atoms with E-state index in [-0.39, 0.29) is 5.54 Å². The SMILES string of the molecule is CCCNC(C#N)(CC)CCCN(C)CC(C)(C)C. The van der Waals surface area contributed by atoms with Crippen LogP contribution in [0.15, 0.2) is 0 Å². The summed E-state index contributed by atoms with van der Waals surface area (Å²) < 4.78 is 0. The van der Waals surface area contributed by atoms with E-state index in [9.17, 15) is 5.26 Å². The predicted molar refractivity (Wildman–Crippen MR) is 83.1 cm³/mol. The number of nitrogens with one attached hydrogen (secondary N) is 1. The number of hydrogen-bond acceptors (Lipinski definition) is 3. The highest BCUT2D eigenvalue weighted by atomic mass is 15.1. The monoisotopic (exact) mass is 267 g/mol. The van der Waals surface area contributed by atoms with Crippen molar-refractivity contribution in [3.8, 4) is 6.07 Å². The van der Waals surface area contributed by atoms with E-state index >= 15 is 0 Å². The Hall–Kier alpha value is -0.590. The van der Waals surface area contributed by atoms with Crippen molar-refractivity contribution in [1.82, 2.24) is 10.2 Å². The molecule has 3 nitrogen and oxygen atoms in total. The second-order valence-corrected chi connectivity index (χ2v) is 6.88. The van der Waals surface area contributed by atoms with Crippen LogP contribution in [0, 0.1) is 16.7 Å². The molecule has 0 aliphatic carbocycles. The molecule has 0 saturated carbocycles. The van der Waals surface area contributed by atoms with Gasteiger partial charge in [0.1, 0.15) is 5.54 Å². The lowest BCUT2D eigenvalue weighted by atomic mass is 9.91. The van der Waals surface area contributed by atoms with E-state index in [2.05, 4.69) is 58.0 Å². The molecule has 19 heavy (non-hydrogen) atoms. The summed E-state index contributed by atoms with van der Waals surface area (Å²) >= 11 is 0. The van der Waals surface area contributed by atoms with Crippen LogP contribution in [0.5, 0.6) is 0 Å². The average Bonchev–Trinajstić information content (AvgIpc) is 2.31. The smallest absolute Gasteiger partial charge is 0.106 e. The lowest BCUT2D eigenvalue weighted by Gasteiger charge is -2.29. The summed E-state index contributed by atoms with van der Waals surface area (Å²) in [7, 11) is 2.17. The van der Waals surface area contributed by atoms with Gasteiger partial charge in [-0.1, -0.05) is 34.6 Å². The van der Waals surface area contributed by atoms with Gasteiger partial charge in [0, 0.05) is 6.54 Å². The van der Waals surface area contributed by atoms with Gasteiger partial charge in [-0.15, -0.1) is 0 Å². The zero-order chi connectivity index (χ0) is 14.9. The average molecular weight is 267 g/mol. The Labute approximate surface area is 120 Å². The van der Waals surface area contributed by atoms with E-state index in [1.807, 2.05) is 0 Å². The zero-order valence-corrected chi connectivity index (χ0v) is 13.8. The Morgan fingerprint density at radius 2 is 1.84 bits per heavy atom. The molecule has 0 aromatic rings. The molecule has 0 spiro atoms. The van der Waals surface area contributed by atoms with Gasteiger partial charge in [-0.25, -0.2) is 0 Å². The van der Waals surface area contributed by atoms with Crippen molar-refractivity contribution in [1.29, 1.82) is 5.26 Å². The Morgan fingerprint density at radius 3 is 2.26 bits per heavy atom. The van der Waals surface area contributed by atoms with Gasteiger partial charge in [0.2, 0.25) is 0 Å². The normalized spacial score (nSPS) is 15.3. The second kappa shape index (κ2) is 8.55. The van der Waals surface area contributed by atoms with Crippen LogP contribution in [0.4, 0.5) is 0 Å². The topological polar surface area (TPSA) is 39.1 Å². The van der Waals surface area contributed by atoms with Gasteiger partial charge >= 0.3 is 0 Å². The molecular weight excluding hydrogens is 234 g/mol. The highest BCUT2D eigenvalue weighted by Gasteiger charge is 2.26. The Balaban J connectivity index is 4.16. The molecule has 0 heterocycles. The lowest BCUT2D eigenvalue weighted by Crippen LogP contribution is -2.44. The summed E-state index contributed by atoms with van der Waals surface area (Å²) in [6, 6.07) is 2.49. The molecule has 0 aliphatic heterocycles. The van der Waals surface area contributed by atoms with Crippen LogP contribution in [-0.4, -0.2) is 37.1 Å². The van der Waals surface area contributed by atoms with E-state index in [1.54, 1.807) is 0 Å². The van der Waals surface area contributed by atoms with E-state index < -0.39 is 0 Å². The summed E-state index contributed by atoms with van der Waals surface area (Å²) in [4.78, 5) is 2.37. The van der Waals surface area contributed by atoms with E-state index in [4.69, 9.17) is 0 Å². The van der Waals surface area contributed by atoms with Crippen LogP contribution >= 0.6 is 0 Å². The van der Waals surface area contributed by atoms with E-state index in [1.165, 1.54) is 0 Å². The van der Waals surface area contributed by atoms with Crippen LogP contribution in [0.2, 0.25) is 0 Å². The summed E-state index contributed by atoms with van der Waals surface area (Å²) in [5.74, 6) is 0. The molecule has 0 radical (unpaired) electrons. The summed E-state index contributed by atoms with van der Waals surface area (Å²) in [5.41, 5.74) is 0.0187. The molecule has 0 saturated heterocycles. The van der Waals surface area contributed by atoms with Gasteiger partial charge in [-0.3, -0.25) is 5.32 Å². The van der Waals surface area contributed by atoms with Crippen molar-refractivity contribution in [2.75, 3.05) is 26.7 Å². The van der Waals surface area contributed by atoms with Gasteiger partial charge in [0.15, 0.2) is 0 Å². The molecule has 0 aromatic heterocycles. The number of nitriles is 1. The Morgan fingerprint density at radius 1 is 1.21 bits per heavy atom. The zero-order valence-electron chi connectivity index (χ0n) is 13.8. The molecule has 1 N–H and O–H groups in total. The third kappa shape index (κ3) is 8.23. The van der Waals surface area contributed by atoms with Crippen molar-refractivity contribution < 1.29 is 0 Å². The maximum absolute atomic E-state index is 9.43. The van der Waals surface area contributed by atoms with Crippen molar-refractivity contribution in [3.05, 3.63) is 0 Å². The fraction of sp³-hybridized carbons (Fsp3) is 0.938. The van der Waals surface area contributed by atoms with Crippen molar-refractivity contribution in [3.63, 3.8) is 0 Å². The van der Waals surface area contributed by atoms with Gasteiger partial charge in [0.25, 0.3) is 0 Å². The number of rotatable bonds is 9. The standard InChI is InChI=1S/C16H33N3/c1-7-11-18-16(8-2,13-17)10-9-12-19(6)14-15(3,4)5/h18H,7-12,14H2,1-6H3. The van der Waals surface area contributed by atoms with Crippen LogP contribution in [0.3, 0.4) is 0 Å². The van der Waals surface area contributed by atoms with Crippen molar-refractivity contribution in [2.24, 2.45) is 5.41 Å². The Bertz CT molecular complexity index is 275. The minimum Gasteiger partial charge on any atom is -0.306 e. The predicted octanol–water partition coefficient (Wildman–Crippen LogP) is 3.42. The first-order chi connectivity index (χ1) is 8.78. The molecule has 3 heteroatoms.